The maximum atomic E-state index is 12.4. The second-order valence-electron chi connectivity index (χ2n) is 3.02. The monoisotopic (exact) mass is 255 g/mol. The van der Waals surface area contributed by atoms with E-state index in [9.17, 15) is 26.7 Å². The third kappa shape index (κ3) is 3.11. The van der Waals surface area contributed by atoms with Gasteiger partial charge < -0.3 is 4.74 Å². The highest BCUT2D eigenvalue weighted by Crippen LogP contribution is 2.33. The SMILES string of the molecule is Cc1c(C(F)F)ncc(C=O)c1OC(F)(F)F. The van der Waals surface area contributed by atoms with Gasteiger partial charge >= 0.3 is 6.36 Å². The van der Waals surface area contributed by atoms with Crippen LogP contribution in [0.2, 0.25) is 0 Å². The molecule has 0 atom stereocenters. The van der Waals surface area contributed by atoms with Gasteiger partial charge in [0.2, 0.25) is 0 Å². The van der Waals surface area contributed by atoms with Crippen LogP contribution in [0.5, 0.6) is 5.75 Å². The van der Waals surface area contributed by atoms with Crippen LogP contribution in [0.25, 0.3) is 0 Å². The molecule has 0 aliphatic heterocycles. The molecule has 1 heterocycles. The smallest absolute Gasteiger partial charge is 0.405 e. The Morgan fingerprint density at radius 2 is 2.00 bits per heavy atom. The largest absolute Gasteiger partial charge is 0.573 e. The molecule has 0 N–H and O–H groups in total. The van der Waals surface area contributed by atoms with Crippen LogP contribution in [-0.2, 0) is 0 Å². The molecule has 0 unspecified atom stereocenters. The van der Waals surface area contributed by atoms with Crippen LogP contribution < -0.4 is 4.74 Å². The number of hydrogen-bond donors (Lipinski definition) is 0. The summed E-state index contributed by atoms with van der Waals surface area (Å²) in [5, 5.41) is 0. The second-order valence-corrected chi connectivity index (χ2v) is 3.02. The molecule has 0 aromatic carbocycles. The topological polar surface area (TPSA) is 39.2 Å². The van der Waals surface area contributed by atoms with Gasteiger partial charge in [0, 0.05) is 11.8 Å². The summed E-state index contributed by atoms with van der Waals surface area (Å²) in [6.07, 6.45) is -7.45. The van der Waals surface area contributed by atoms with Gasteiger partial charge in [-0.15, -0.1) is 13.2 Å². The van der Waals surface area contributed by atoms with E-state index < -0.39 is 35.4 Å². The van der Waals surface area contributed by atoms with Gasteiger partial charge in [-0.2, -0.15) is 0 Å². The summed E-state index contributed by atoms with van der Waals surface area (Å²) in [4.78, 5) is 13.7. The van der Waals surface area contributed by atoms with Gasteiger partial charge in [-0.3, -0.25) is 9.78 Å². The van der Waals surface area contributed by atoms with Gasteiger partial charge in [-0.1, -0.05) is 0 Å². The first-order chi connectivity index (χ1) is 7.76. The Bertz CT molecular complexity index is 430. The summed E-state index contributed by atoms with van der Waals surface area (Å²) >= 11 is 0. The van der Waals surface area contributed by atoms with Crippen LogP contribution in [0.1, 0.15) is 28.0 Å². The molecule has 0 radical (unpaired) electrons. The van der Waals surface area contributed by atoms with Gasteiger partial charge in [-0.05, 0) is 6.92 Å². The number of hydrogen-bond acceptors (Lipinski definition) is 3. The summed E-state index contributed by atoms with van der Waals surface area (Å²) in [5.74, 6) is -0.946. The third-order valence-electron chi connectivity index (χ3n) is 1.88. The molecule has 1 rings (SSSR count). The number of pyridine rings is 1. The van der Waals surface area contributed by atoms with E-state index in [4.69, 9.17) is 0 Å². The number of aromatic nitrogens is 1. The van der Waals surface area contributed by atoms with Gasteiger partial charge in [-0.25, -0.2) is 8.78 Å². The number of carbonyl (C=O) groups is 1. The summed E-state index contributed by atoms with van der Waals surface area (Å²) in [6.45, 7) is 0.975. The zero-order chi connectivity index (χ0) is 13.2. The Morgan fingerprint density at radius 3 is 2.41 bits per heavy atom. The second kappa shape index (κ2) is 4.64. The van der Waals surface area contributed by atoms with Crippen LogP contribution >= 0.6 is 0 Å². The lowest BCUT2D eigenvalue weighted by molar-refractivity contribution is -0.275. The maximum Gasteiger partial charge on any atom is 0.573 e. The molecule has 0 amide bonds. The lowest BCUT2D eigenvalue weighted by Crippen LogP contribution is -2.19. The van der Waals surface area contributed by atoms with Crippen molar-refractivity contribution in [1.82, 2.24) is 4.98 Å². The van der Waals surface area contributed by atoms with Crippen LogP contribution in [0.15, 0.2) is 6.20 Å². The van der Waals surface area contributed by atoms with Crippen molar-refractivity contribution in [3.05, 3.63) is 23.0 Å². The summed E-state index contributed by atoms with van der Waals surface area (Å²) in [6, 6.07) is 0. The van der Waals surface area contributed by atoms with E-state index in [0.717, 1.165) is 6.92 Å². The highest BCUT2D eigenvalue weighted by molar-refractivity contribution is 5.79. The van der Waals surface area contributed by atoms with Crippen molar-refractivity contribution < 1.29 is 31.5 Å². The van der Waals surface area contributed by atoms with Crippen molar-refractivity contribution in [2.24, 2.45) is 0 Å². The fourth-order valence-corrected chi connectivity index (χ4v) is 1.18. The average molecular weight is 255 g/mol. The van der Waals surface area contributed by atoms with E-state index in [2.05, 4.69) is 9.72 Å². The van der Waals surface area contributed by atoms with Crippen LogP contribution in [0.4, 0.5) is 22.0 Å². The predicted octanol–water partition coefficient (Wildman–Crippen LogP) is 3.04. The molecule has 0 aliphatic rings. The van der Waals surface area contributed by atoms with E-state index in [0.29, 0.717) is 6.20 Å². The minimum atomic E-state index is -5.07. The van der Waals surface area contributed by atoms with Crippen molar-refractivity contribution in [2.75, 3.05) is 0 Å². The number of ether oxygens (including phenoxy) is 1. The number of carbonyl (C=O) groups excluding carboxylic acids is 1. The zero-order valence-corrected chi connectivity index (χ0v) is 8.39. The highest BCUT2D eigenvalue weighted by atomic mass is 19.4. The molecule has 0 fully saturated rings. The zero-order valence-electron chi connectivity index (χ0n) is 8.39. The van der Waals surface area contributed by atoms with E-state index >= 15 is 0 Å². The summed E-state index contributed by atoms with van der Waals surface area (Å²) < 4.78 is 64.4. The highest BCUT2D eigenvalue weighted by Gasteiger charge is 2.34. The van der Waals surface area contributed by atoms with E-state index in [1.165, 1.54) is 0 Å². The minimum absolute atomic E-state index is 0.0519. The number of aldehydes is 1. The number of rotatable bonds is 3. The van der Waals surface area contributed by atoms with E-state index in [1.807, 2.05) is 0 Å². The predicted molar refractivity (Wildman–Crippen MR) is 46.0 cm³/mol. The Balaban J connectivity index is 3.32. The van der Waals surface area contributed by atoms with Gasteiger partial charge in [0.05, 0.1) is 5.56 Å². The van der Waals surface area contributed by atoms with Crippen LogP contribution in [0.3, 0.4) is 0 Å². The lowest BCUT2D eigenvalue weighted by Gasteiger charge is -2.15. The van der Waals surface area contributed by atoms with Gasteiger partial charge in [0.15, 0.2) is 6.29 Å². The van der Waals surface area contributed by atoms with Gasteiger partial charge in [0.1, 0.15) is 11.4 Å². The van der Waals surface area contributed by atoms with E-state index in [1.54, 1.807) is 0 Å². The fraction of sp³-hybridized carbons (Fsp3) is 0.333. The molecule has 0 saturated carbocycles. The van der Waals surface area contributed by atoms with E-state index in [-0.39, 0.29) is 6.29 Å². The summed E-state index contributed by atoms with van der Waals surface area (Å²) in [5.41, 5.74) is -1.90. The lowest BCUT2D eigenvalue weighted by atomic mass is 10.1. The first-order valence-corrected chi connectivity index (χ1v) is 4.25. The number of halogens is 5. The third-order valence-corrected chi connectivity index (χ3v) is 1.88. The molecule has 0 saturated heterocycles. The molecule has 17 heavy (non-hydrogen) atoms. The van der Waals surface area contributed by atoms with Gasteiger partial charge in [0.25, 0.3) is 6.43 Å². The molecule has 8 heteroatoms. The molecular weight excluding hydrogens is 249 g/mol. The molecule has 94 valence electrons. The Hall–Kier alpha value is -1.73. The Morgan fingerprint density at radius 1 is 1.41 bits per heavy atom. The van der Waals surface area contributed by atoms with Crippen molar-refractivity contribution in [3.8, 4) is 5.75 Å². The Labute approximate surface area is 92.2 Å². The molecule has 0 aliphatic carbocycles. The fourth-order valence-electron chi connectivity index (χ4n) is 1.18. The molecule has 1 aromatic rings. The molecule has 0 bridgehead atoms. The molecule has 3 nitrogen and oxygen atoms in total. The molecule has 1 aromatic heterocycles. The first-order valence-electron chi connectivity index (χ1n) is 4.25. The quantitative estimate of drug-likeness (QED) is 0.615. The van der Waals surface area contributed by atoms with Crippen molar-refractivity contribution in [1.29, 1.82) is 0 Å². The first kappa shape index (κ1) is 13.3. The van der Waals surface area contributed by atoms with Crippen LogP contribution in [-0.4, -0.2) is 17.6 Å². The number of nitrogens with zero attached hydrogens (tertiary/aromatic N) is 1. The minimum Gasteiger partial charge on any atom is -0.405 e. The van der Waals surface area contributed by atoms with Crippen molar-refractivity contribution >= 4 is 6.29 Å². The van der Waals surface area contributed by atoms with Crippen molar-refractivity contribution in [2.45, 2.75) is 19.7 Å². The van der Waals surface area contributed by atoms with Crippen molar-refractivity contribution in [3.63, 3.8) is 0 Å². The van der Waals surface area contributed by atoms with Crippen LogP contribution in [0, 0.1) is 6.92 Å². The maximum absolute atomic E-state index is 12.4. The molecule has 0 spiro atoms. The standard InChI is InChI=1S/C9H6F5NO2/c1-4-6(8(10)11)15-2-5(3-16)7(4)17-9(12,13)14/h2-3,8H,1H3. The normalized spacial score (nSPS) is 11.7. The molecular formula is C9H6F5NO2. The number of alkyl halides is 5. The summed E-state index contributed by atoms with van der Waals surface area (Å²) in [7, 11) is 0. The average Bonchev–Trinajstić information content (AvgIpc) is 2.18. The Kier molecular flexibility index (Phi) is 3.64.